The summed E-state index contributed by atoms with van der Waals surface area (Å²) in [6, 6.07) is 6.74. The fourth-order valence-electron chi connectivity index (χ4n) is 3.61. The zero-order valence-electron chi connectivity index (χ0n) is 16.6. The molecular formula is C21H25NO7. The molecule has 0 radical (unpaired) electrons. The largest absolute Gasteiger partial charge is 0.466 e. The first-order valence-corrected chi connectivity index (χ1v) is 9.62. The average molecular weight is 403 g/mol. The van der Waals surface area contributed by atoms with E-state index in [4.69, 9.17) is 18.9 Å². The van der Waals surface area contributed by atoms with Crippen LogP contribution in [0.5, 0.6) is 0 Å². The van der Waals surface area contributed by atoms with E-state index < -0.39 is 17.9 Å². The third-order valence-electron chi connectivity index (χ3n) is 5.07. The van der Waals surface area contributed by atoms with Crippen molar-refractivity contribution in [3.63, 3.8) is 0 Å². The Hall–Kier alpha value is -2.87. The Kier molecular flexibility index (Phi) is 6.87. The van der Waals surface area contributed by atoms with Gasteiger partial charge in [-0.2, -0.15) is 0 Å². The Morgan fingerprint density at radius 3 is 2.34 bits per heavy atom. The number of esters is 3. The lowest BCUT2D eigenvalue weighted by atomic mass is 9.98. The molecule has 0 amide bonds. The van der Waals surface area contributed by atoms with Crippen LogP contribution >= 0.6 is 0 Å². The van der Waals surface area contributed by atoms with Gasteiger partial charge in [0.1, 0.15) is 18.5 Å². The number of carbonyl (C=O) groups is 3. The van der Waals surface area contributed by atoms with Crippen molar-refractivity contribution in [1.82, 2.24) is 0 Å². The number of hydrogen-bond donors (Lipinski definition) is 0. The van der Waals surface area contributed by atoms with Crippen LogP contribution in [0, 0.1) is 0 Å². The number of nitrogens with zero attached hydrogens (tertiary/aromatic N) is 1. The SMILES string of the molecule is COC(=O)C1=C(C(=O)OC)N(c2ccccc2C(=O)OC2CCCCC2)COC1. The van der Waals surface area contributed by atoms with Gasteiger partial charge in [0.05, 0.1) is 37.7 Å². The standard InChI is InChI=1S/C21H25NO7/c1-26-19(23)16-12-28-13-22(18(16)21(25)27-2)17-11-7-6-10-15(17)20(24)29-14-8-4-3-5-9-14/h6-7,10-11,14H,3-5,8-9,12-13H2,1-2H3. The van der Waals surface area contributed by atoms with Crippen LogP contribution in [0.25, 0.3) is 0 Å². The summed E-state index contributed by atoms with van der Waals surface area (Å²) >= 11 is 0. The number of anilines is 1. The van der Waals surface area contributed by atoms with Crippen LogP contribution in [0.4, 0.5) is 5.69 Å². The van der Waals surface area contributed by atoms with Crippen molar-refractivity contribution in [2.75, 3.05) is 32.5 Å². The summed E-state index contributed by atoms with van der Waals surface area (Å²) in [7, 11) is 2.44. The summed E-state index contributed by atoms with van der Waals surface area (Å²) in [6.07, 6.45) is 4.82. The third kappa shape index (κ3) is 4.59. The number of ether oxygens (including phenoxy) is 4. The van der Waals surface area contributed by atoms with Crippen molar-refractivity contribution in [3.05, 3.63) is 41.1 Å². The monoisotopic (exact) mass is 403 g/mol. The summed E-state index contributed by atoms with van der Waals surface area (Å²) in [6.45, 7) is -0.124. The van der Waals surface area contributed by atoms with Crippen LogP contribution in [0.2, 0.25) is 0 Å². The van der Waals surface area contributed by atoms with Gasteiger partial charge in [0.15, 0.2) is 0 Å². The van der Waals surface area contributed by atoms with Crippen molar-refractivity contribution in [2.45, 2.75) is 38.2 Å². The van der Waals surface area contributed by atoms with Gasteiger partial charge in [-0.1, -0.05) is 18.6 Å². The smallest absolute Gasteiger partial charge is 0.355 e. The van der Waals surface area contributed by atoms with Crippen LogP contribution in [0.3, 0.4) is 0 Å². The lowest BCUT2D eigenvalue weighted by Crippen LogP contribution is -2.39. The molecule has 156 valence electrons. The quantitative estimate of drug-likeness (QED) is 0.547. The second-order valence-corrected chi connectivity index (χ2v) is 6.90. The van der Waals surface area contributed by atoms with E-state index in [-0.39, 0.29) is 36.3 Å². The molecule has 0 aromatic heterocycles. The molecule has 1 aliphatic carbocycles. The van der Waals surface area contributed by atoms with Gasteiger partial charge in [0.25, 0.3) is 0 Å². The number of rotatable bonds is 5. The minimum Gasteiger partial charge on any atom is -0.466 e. The van der Waals surface area contributed by atoms with E-state index in [0.29, 0.717) is 5.69 Å². The first-order valence-electron chi connectivity index (χ1n) is 9.62. The van der Waals surface area contributed by atoms with Gasteiger partial charge in [-0.3, -0.25) is 0 Å². The van der Waals surface area contributed by atoms with Crippen molar-refractivity contribution in [1.29, 1.82) is 0 Å². The molecule has 1 saturated carbocycles. The van der Waals surface area contributed by atoms with E-state index in [9.17, 15) is 14.4 Å². The highest BCUT2D eigenvalue weighted by atomic mass is 16.5. The molecule has 0 saturated heterocycles. The molecule has 0 spiro atoms. The van der Waals surface area contributed by atoms with Gasteiger partial charge in [-0.05, 0) is 37.8 Å². The average Bonchev–Trinajstić information content (AvgIpc) is 2.78. The van der Waals surface area contributed by atoms with E-state index >= 15 is 0 Å². The molecular weight excluding hydrogens is 378 g/mol. The maximum absolute atomic E-state index is 12.9. The summed E-state index contributed by atoms with van der Waals surface area (Å²) < 4.78 is 20.8. The molecule has 1 aliphatic heterocycles. The second kappa shape index (κ2) is 9.56. The third-order valence-corrected chi connectivity index (χ3v) is 5.07. The van der Waals surface area contributed by atoms with Crippen molar-refractivity contribution >= 4 is 23.6 Å². The second-order valence-electron chi connectivity index (χ2n) is 6.90. The van der Waals surface area contributed by atoms with Gasteiger partial charge in [-0.25, -0.2) is 14.4 Å². The molecule has 29 heavy (non-hydrogen) atoms. The normalized spacial score (nSPS) is 17.7. The maximum atomic E-state index is 12.9. The van der Waals surface area contributed by atoms with Crippen LogP contribution in [-0.4, -0.2) is 51.6 Å². The number of methoxy groups -OCH3 is 2. The van der Waals surface area contributed by atoms with Crippen LogP contribution in [0.15, 0.2) is 35.5 Å². The summed E-state index contributed by atoms with van der Waals surface area (Å²) in [5, 5.41) is 0. The summed E-state index contributed by atoms with van der Waals surface area (Å²) in [5.74, 6) is -1.89. The maximum Gasteiger partial charge on any atom is 0.355 e. The molecule has 0 unspecified atom stereocenters. The van der Waals surface area contributed by atoms with Crippen molar-refractivity contribution < 1.29 is 33.3 Å². The topological polar surface area (TPSA) is 91.4 Å². The molecule has 1 fully saturated rings. The van der Waals surface area contributed by atoms with Gasteiger partial charge >= 0.3 is 17.9 Å². The fourth-order valence-corrected chi connectivity index (χ4v) is 3.61. The van der Waals surface area contributed by atoms with E-state index in [0.717, 1.165) is 32.1 Å². The molecule has 8 nitrogen and oxygen atoms in total. The summed E-state index contributed by atoms with van der Waals surface area (Å²) in [5.41, 5.74) is 0.702. The number of carbonyl (C=O) groups excluding carboxylic acids is 3. The van der Waals surface area contributed by atoms with Crippen molar-refractivity contribution in [3.8, 4) is 0 Å². The molecule has 3 rings (SSSR count). The molecule has 8 heteroatoms. The van der Waals surface area contributed by atoms with Gasteiger partial charge in [-0.15, -0.1) is 0 Å². The molecule has 0 N–H and O–H groups in total. The van der Waals surface area contributed by atoms with Gasteiger partial charge < -0.3 is 23.8 Å². The predicted octanol–water partition coefficient (Wildman–Crippen LogP) is 2.57. The first kappa shape index (κ1) is 20.9. The minimum atomic E-state index is -0.718. The highest BCUT2D eigenvalue weighted by molar-refractivity contribution is 6.05. The molecule has 1 aromatic rings. The highest BCUT2D eigenvalue weighted by Crippen LogP contribution is 2.31. The lowest BCUT2D eigenvalue weighted by molar-refractivity contribution is -0.140. The van der Waals surface area contributed by atoms with Crippen LogP contribution in [0.1, 0.15) is 42.5 Å². The molecule has 2 aliphatic rings. The zero-order chi connectivity index (χ0) is 20.8. The van der Waals surface area contributed by atoms with Gasteiger partial charge in [0, 0.05) is 0 Å². The van der Waals surface area contributed by atoms with Crippen molar-refractivity contribution in [2.24, 2.45) is 0 Å². The molecule has 0 bridgehead atoms. The molecule has 1 heterocycles. The fraction of sp³-hybridized carbons (Fsp3) is 0.476. The van der Waals surface area contributed by atoms with E-state index in [1.807, 2.05) is 0 Å². The number of benzene rings is 1. The van der Waals surface area contributed by atoms with Gasteiger partial charge in [0.2, 0.25) is 0 Å². The minimum absolute atomic E-state index is 0.0106. The zero-order valence-corrected chi connectivity index (χ0v) is 16.6. The van der Waals surface area contributed by atoms with E-state index in [2.05, 4.69) is 0 Å². The molecule has 0 atom stereocenters. The Morgan fingerprint density at radius 1 is 0.966 bits per heavy atom. The Balaban J connectivity index is 1.97. The van der Waals surface area contributed by atoms with E-state index in [1.54, 1.807) is 24.3 Å². The highest BCUT2D eigenvalue weighted by Gasteiger charge is 2.34. The molecule has 1 aromatic carbocycles. The van der Waals surface area contributed by atoms with Crippen LogP contribution < -0.4 is 4.90 Å². The summed E-state index contributed by atoms with van der Waals surface area (Å²) in [4.78, 5) is 39.0. The first-order chi connectivity index (χ1) is 14.1. The van der Waals surface area contributed by atoms with E-state index in [1.165, 1.54) is 19.1 Å². The number of para-hydroxylation sites is 1. The van der Waals surface area contributed by atoms with Crippen LogP contribution in [-0.2, 0) is 28.5 Å². The predicted molar refractivity (Wildman–Crippen MR) is 103 cm³/mol. The lowest BCUT2D eigenvalue weighted by Gasteiger charge is -2.32. The Bertz CT molecular complexity index is 811. The number of hydrogen-bond acceptors (Lipinski definition) is 8. The Morgan fingerprint density at radius 2 is 1.66 bits per heavy atom. The Labute approximate surface area is 169 Å².